The van der Waals surface area contributed by atoms with Crippen LogP contribution in [-0.2, 0) is 11.3 Å². The maximum Gasteiger partial charge on any atom is 0.255 e. The molecule has 168 valence electrons. The van der Waals surface area contributed by atoms with Gasteiger partial charge in [-0.05, 0) is 52.6 Å². The third-order valence-corrected chi connectivity index (χ3v) is 6.12. The lowest BCUT2D eigenvalue weighted by atomic mass is 9.97. The van der Waals surface area contributed by atoms with Gasteiger partial charge in [-0.2, -0.15) is 0 Å². The SMILES string of the molecule is O=C(NCc1ccccc1)C1c2cc(Cl)ccc2C(=O)N1C(c1cccnc1)c1cccnc1. The lowest BCUT2D eigenvalue weighted by Gasteiger charge is -2.33. The van der Waals surface area contributed by atoms with E-state index < -0.39 is 12.1 Å². The van der Waals surface area contributed by atoms with Crippen LogP contribution in [0.4, 0.5) is 0 Å². The summed E-state index contributed by atoms with van der Waals surface area (Å²) in [6, 6.07) is 20.7. The predicted molar refractivity (Wildman–Crippen MR) is 129 cm³/mol. The topological polar surface area (TPSA) is 75.2 Å². The highest BCUT2D eigenvalue weighted by Crippen LogP contribution is 2.43. The number of halogens is 1. The van der Waals surface area contributed by atoms with Gasteiger partial charge in [0.25, 0.3) is 5.91 Å². The molecule has 2 aromatic carbocycles. The second-order valence-corrected chi connectivity index (χ2v) is 8.46. The van der Waals surface area contributed by atoms with Gasteiger partial charge >= 0.3 is 0 Å². The van der Waals surface area contributed by atoms with Crippen LogP contribution in [0.15, 0.2) is 97.6 Å². The largest absolute Gasteiger partial charge is 0.350 e. The monoisotopic (exact) mass is 468 g/mol. The molecule has 0 fully saturated rings. The van der Waals surface area contributed by atoms with E-state index in [0.29, 0.717) is 22.7 Å². The summed E-state index contributed by atoms with van der Waals surface area (Å²) in [4.78, 5) is 37.5. The first kappa shape index (κ1) is 21.8. The van der Waals surface area contributed by atoms with Crippen molar-refractivity contribution in [3.63, 3.8) is 0 Å². The number of hydrogen-bond donors (Lipinski definition) is 1. The number of carbonyl (C=O) groups is 2. The van der Waals surface area contributed by atoms with Gasteiger partial charge in [0.2, 0.25) is 5.91 Å². The summed E-state index contributed by atoms with van der Waals surface area (Å²) < 4.78 is 0. The third-order valence-electron chi connectivity index (χ3n) is 5.89. The van der Waals surface area contributed by atoms with Crippen LogP contribution in [0, 0.1) is 0 Å². The van der Waals surface area contributed by atoms with E-state index in [1.807, 2.05) is 54.6 Å². The van der Waals surface area contributed by atoms with Crippen LogP contribution < -0.4 is 5.32 Å². The van der Waals surface area contributed by atoms with Crippen molar-refractivity contribution in [3.8, 4) is 0 Å². The molecule has 0 bridgehead atoms. The molecular weight excluding hydrogens is 448 g/mol. The Labute approximate surface area is 202 Å². The molecule has 2 aromatic heterocycles. The van der Waals surface area contributed by atoms with Gasteiger partial charge in [0.05, 0.1) is 6.04 Å². The van der Waals surface area contributed by atoms with Gasteiger partial charge in [-0.15, -0.1) is 0 Å². The van der Waals surface area contributed by atoms with Gasteiger partial charge < -0.3 is 10.2 Å². The summed E-state index contributed by atoms with van der Waals surface area (Å²) >= 11 is 6.29. The Morgan fingerprint density at radius 1 is 0.941 bits per heavy atom. The Bertz CT molecular complexity index is 1280. The zero-order valence-corrected chi connectivity index (χ0v) is 18.9. The van der Waals surface area contributed by atoms with Crippen molar-refractivity contribution in [1.29, 1.82) is 0 Å². The molecule has 5 rings (SSSR count). The number of fused-ring (bicyclic) bond motifs is 1. The van der Waals surface area contributed by atoms with Crippen LogP contribution >= 0.6 is 11.6 Å². The Balaban J connectivity index is 1.59. The first-order chi connectivity index (χ1) is 16.6. The quantitative estimate of drug-likeness (QED) is 0.443. The molecule has 34 heavy (non-hydrogen) atoms. The highest BCUT2D eigenvalue weighted by molar-refractivity contribution is 6.31. The highest BCUT2D eigenvalue weighted by Gasteiger charge is 2.45. The smallest absolute Gasteiger partial charge is 0.255 e. The minimum atomic E-state index is -0.865. The second-order valence-electron chi connectivity index (χ2n) is 8.03. The van der Waals surface area contributed by atoms with E-state index in [-0.39, 0.29) is 11.8 Å². The maximum atomic E-state index is 13.7. The molecule has 1 atom stereocenters. The number of aromatic nitrogens is 2. The van der Waals surface area contributed by atoms with Gasteiger partial charge in [0.1, 0.15) is 6.04 Å². The summed E-state index contributed by atoms with van der Waals surface area (Å²) in [6.07, 6.45) is 6.77. The first-order valence-corrected chi connectivity index (χ1v) is 11.2. The summed E-state index contributed by atoms with van der Waals surface area (Å²) in [6.45, 7) is 0.346. The molecular formula is C27H21ClN4O2. The van der Waals surface area contributed by atoms with Crippen molar-refractivity contribution < 1.29 is 9.59 Å². The molecule has 1 unspecified atom stereocenters. The summed E-state index contributed by atoms with van der Waals surface area (Å²) in [5.41, 5.74) is 3.57. The van der Waals surface area contributed by atoms with Gasteiger partial charge in [-0.3, -0.25) is 19.6 Å². The molecule has 6 nitrogen and oxygen atoms in total. The number of nitrogens with zero attached hydrogens (tertiary/aromatic N) is 3. The van der Waals surface area contributed by atoms with Crippen LogP contribution in [0.3, 0.4) is 0 Å². The zero-order chi connectivity index (χ0) is 23.5. The van der Waals surface area contributed by atoms with E-state index in [1.54, 1.807) is 47.9 Å². The van der Waals surface area contributed by atoms with Crippen LogP contribution in [-0.4, -0.2) is 26.7 Å². The summed E-state index contributed by atoms with van der Waals surface area (Å²) in [5.74, 6) is -0.528. The third kappa shape index (κ3) is 4.16. The predicted octanol–water partition coefficient (Wildman–Crippen LogP) is 4.73. The fourth-order valence-electron chi connectivity index (χ4n) is 4.37. The van der Waals surface area contributed by atoms with Crippen LogP contribution in [0.1, 0.15) is 44.7 Å². The van der Waals surface area contributed by atoms with E-state index in [2.05, 4.69) is 15.3 Å². The minimum Gasteiger partial charge on any atom is -0.350 e. The second kappa shape index (κ2) is 9.45. The van der Waals surface area contributed by atoms with E-state index in [0.717, 1.165) is 16.7 Å². The number of rotatable bonds is 6. The van der Waals surface area contributed by atoms with Crippen LogP contribution in [0.25, 0.3) is 0 Å². The van der Waals surface area contributed by atoms with E-state index in [4.69, 9.17) is 11.6 Å². The number of amides is 2. The van der Waals surface area contributed by atoms with Crippen LogP contribution in [0.2, 0.25) is 5.02 Å². The highest BCUT2D eigenvalue weighted by atomic mass is 35.5. The zero-order valence-electron chi connectivity index (χ0n) is 18.1. The fraction of sp³-hybridized carbons (Fsp3) is 0.111. The minimum absolute atomic E-state index is 0.246. The van der Waals surface area contributed by atoms with E-state index in [1.165, 1.54) is 0 Å². The molecule has 4 aromatic rings. The number of pyridine rings is 2. The van der Waals surface area contributed by atoms with Crippen molar-refractivity contribution in [2.75, 3.05) is 0 Å². The molecule has 3 heterocycles. The number of nitrogens with one attached hydrogen (secondary N) is 1. The number of hydrogen-bond acceptors (Lipinski definition) is 4. The molecule has 1 aliphatic heterocycles. The number of benzene rings is 2. The summed E-state index contributed by atoms with van der Waals surface area (Å²) in [7, 11) is 0. The summed E-state index contributed by atoms with van der Waals surface area (Å²) in [5, 5.41) is 3.47. The molecule has 0 aliphatic carbocycles. The Kier molecular flexibility index (Phi) is 6.06. The molecule has 0 saturated heterocycles. The van der Waals surface area contributed by atoms with Gasteiger partial charge in [-0.25, -0.2) is 0 Å². The van der Waals surface area contributed by atoms with Crippen molar-refractivity contribution in [2.24, 2.45) is 0 Å². The maximum absolute atomic E-state index is 13.7. The normalized spacial score (nSPS) is 14.8. The Morgan fingerprint density at radius 2 is 1.62 bits per heavy atom. The van der Waals surface area contributed by atoms with Gasteiger partial charge in [0, 0.05) is 41.9 Å². The molecule has 2 amide bonds. The van der Waals surface area contributed by atoms with Gasteiger partial charge in [0.15, 0.2) is 0 Å². The van der Waals surface area contributed by atoms with E-state index >= 15 is 0 Å². The van der Waals surface area contributed by atoms with Gasteiger partial charge in [-0.1, -0.05) is 54.1 Å². The first-order valence-electron chi connectivity index (χ1n) is 10.9. The molecule has 7 heteroatoms. The van der Waals surface area contributed by atoms with E-state index in [9.17, 15) is 9.59 Å². The molecule has 1 aliphatic rings. The fourth-order valence-corrected chi connectivity index (χ4v) is 4.55. The molecule has 1 N–H and O–H groups in total. The average molecular weight is 469 g/mol. The van der Waals surface area contributed by atoms with Crippen LogP contribution in [0.5, 0.6) is 0 Å². The van der Waals surface area contributed by atoms with Crippen molar-refractivity contribution in [1.82, 2.24) is 20.2 Å². The lowest BCUT2D eigenvalue weighted by molar-refractivity contribution is -0.126. The molecule has 0 spiro atoms. The lowest BCUT2D eigenvalue weighted by Crippen LogP contribution is -2.41. The molecule has 0 saturated carbocycles. The Hall–Kier alpha value is -4.03. The van der Waals surface area contributed by atoms with Crippen molar-refractivity contribution in [2.45, 2.75) is 18.6 Å². The van der Waals surface area contributed by atoms with Crippen molar-refractivity contribution >= 4 is 23.4 Å². The average Bonchev–Trinajstić information content (AvgIpc) is 3.16. The Morgan fingerprint density at radius 3 is 2.24 bits per heavy atom. The standard InChI is InChI=1S/C27H21ClN4O2/c28-21-10-11-22-23(14-21)25(26(33)31-15-18-6-2-1-3-7-18)32(27(22)34)24(19-8-4-12-29-16-19)20-9-5-13-30-17-20/h1-14,16-17,24-25H,15H2,(H,31,33). The van der Waals surface area contributed by atoms with Crippen molar-refractivity contribution in [3.05, 3.63) is 130 Å². The molecule has 0 radical (unpaired) electrons. The number of carbonyl (C=O) groups excluding carboxylic acids is 2.